The molecule has 14 heavy (non-hydrogen) atoms. The first-order chi connectivity index (χ1) is 6.83. The molecule has 1 atom stereocenters. The van der Waals surface area contributed by atoms with Gasteiger partial charge >= 0.3 is 0 Å². The molecule has 0 saturated heterocycles. The number of hydrazine groups is 1. The van der Waals surface area contributed by atoms with E-state index in [1.807, 2.05) is 22.9 Å². The van der Waals surface area contributed by atoms with E-state index in [9.17, 15) is 0 Å². The van der Waals surface area contributed by atoms with E-state index >= 15 is 0 Å². The summed E-state index contributed by atoms with van der Waals surface area (Å²) >= 11 is 9.23. The lowest BCUT2D eigenvalue weighted by atomic mass is 10.1. The van der Waals surface area contributed by atoms with Gasteiger partial charge in [-0.1, -0.05) is 11.6 Å². The molecule has 2 nitrogen and oxygen atoms in total. The Morgan fingerprint density at radius 1 is 1.36 bits per heavy atom. The summed E-state index contributed by atoms with van der Waals surface area (Å²) in [6.07, 6.45) is 0. The molecule has 2 heterocycles. The number of hydrogen-bond acceptors (Lipinski definition) is 4. The number of rotatable bonds is 3. The number of hydrogen-bond donors (Lipinski definition) is 2. The van der Waals surface area contributed by atoms with E-state index in [2.05, 4.69) is 10.8 Å². The van der Waals surface area contributed by atoms with Crippen molar-refractivity contribution in [3.05, 3.63) is 43.7 Å². The number of nitrogens with one attached hydrogen (secondary N) is 1. The molecule has 0 aromatic carbocycles. The Kier molecular flexibility index (Phi) is 3.20. The van der Waals surface area contributed by atoms with E-state index < -0.39 is 0 Å². The highest BCUT2D eigenvalue weighted by atomic mass is 35.5. The Balaban J connectivity index is 2.36. The summed E-state index contributed by atoms with van der Waals surface area (Å²) in [5.41, 5.74) is 4.97. The molecule has 0 fully saturated rings. The van der Waals surface area contributed by atoms with Crippen LogP contribution in [-0.2, 0) is 0 Å². The van der Waals surface area contributed by atoms with Gasteiger partial charge in [0, 0.05) is 5.56 Å². The highest BCUT2D eigenvalue weighted by Gasteiger charge is 2.16. The Hall–Kier alpha value is -0.390. The zero-order chi connectivity index (χ0) is 9.97. The largest absolute Gasteiger partial charge is 0.271 e. The van der Waals surface area contributed by atoms with Crippen molar-refractivity contribution in [2.75, 3.05) is 0 Å². The lowest BCUT2D eigenvalue weighted by Gasteiger charge is -2.13. The van der Waals surface area contributed by atoms with E-state index in [4.69, 9.17) is 17.4 Å². The molecule has 0 aliphatic heterocycles. The van der Waals surface area contributed by atoms with Crippen molar-refractivity contribution in [2.24, 2.45) is 5.84 Å². The van der Waals surface area contributed by atoms with Crippen LogP contribution in [0.15, 0.2) is 28.3 Å². The summed E-state index contributed by atoms with van der Waals surface area (Å²) in [5.74, 6) is 5.52. The SMILES string of the molecule is NNC(c1ccsc1)c1ccsc1Cl. The number of halogens is 1. The molecule has 0 aliphatic rings. The molecule has 3 N–H and O–H groups in total. The molecule has 1 unspecified atom stereocenters. The maximum Gasteiger partial charge on any atom is 0.0980 e. The molecule has 2 rings (SSSR count). The monoisotopic (exact) mass is 244 g/mol. The Bertz CT molecular complexity index is 397. The third kappa shape index (κ3) is 1.85. The lowest BCUT2D eigenvalue weighted by molar-refractivity contribution is 0.641. The fourth-order valence-electron chi connectivity index (χ4n) is 1.32. The topological polar surface area (TPSA) is 38.0 Å². The average Bonchev–Trinajstić information content (AvgIpc) is 2.80. The van der Waals surface area contributed by atoms with Gasteiger partial charge in [0.2, 0.25) is 0 Å². The van der Waals surface area contributed by atoms with Gasteiger partial charge in [-0.3, -0.25) is 5.84 Å². The molecular formula is C9H9ClN2S2. The normalized spacial score (nSPS) is 13.0. The summed E-state index contributed by atoms with van der Waals surface area (Å²) in [7, 11) is 0. The average molecular weight is 245 g/mol. The Morgan fingerprint density at radius 2 is 2.21 bits per heavy atom. The van der Waals surface area contributed by atoms with Crippen LogP contribution in [-0.4, -0.2) is 0 Å². The first kappa shape index (κ1) is 10.1. The molecule has 2 aromatic rings. The van der Waals surface area contributed by atoms with Crippen molar-refractivity contribution in [1.82, 2.24) is 5.43 Å². The molecule has 74 valence electrons. The van der Waals surface area contributed by atoms with Crippen LogP contribution in [0.1, 0.15) is 17.2 Å². The van der Waals surface area contributed by atoms with Crippen molar-refractivity contribution in [1.29, 1.82) is 0 Å². The van der Waals surface area contributed by atoms with Crippen molar-refractivity contribution in [3.63, 3.8) is 0 Å². The smallest absolute Gasteiger partial charge is 0.0980 e. The molecule has 0 amide bonds. The highest BCUT2D eigenvalue weighted by molar-refractivity contribution is 7.14. The summed E-state index contributed by atoms with van der Waals surface area (Å²) in [5, 5.41) is 6.06. The van der Waals surface area contributed by atoms with Crippen molar-refractivity contribution >= 4 is 34.3 Å². The van der Waals surface area contributed by atoms with Crippen LogP contribution >= 0.6 is 34.3 Å². The second kappa shape index (κ2) is 4.42. The van der Waals surface area contributed by atoms with E-state index in [0.717, 1.165) is 15.5 Å². The molecule has 2 aromatic heterocycles. The predicted molar refractivity (Wildman–Crippen MR) is 62.8 cm³/mol. The van der Waals surface area contributed by atoms with Crippen LogP contribution in [0.5, 0.6) is 0 Å². The van der Waals surface area contributed by atoms with Crippen LogP contribution in [0, 0.1) is 0 Å². The zero-order valence-corrected chi connectivity index (χ0v) is 9.62. The third-order valence-electron chi connectivity index (χ3n) is 2.00. The maximum absolute atomic E-state index is 6.06. The number of thiophene rings is 2. The van der Waals surface area contributed by atoms with Crippen LogP contribution in [0.3, 0.4) is 0 Å². The van der Waals surface area contributed by atoms with Gasteiger partial charge in [-0.15, -0.1) is 11.3 Å². The second-order valence-electron chi connectivity index (χ2n) is 2.81. The first-order valence-electron chi connectivity index (χ1n) is 4.04. The van der Waals surface area contributed by atoms with Crippen LogP contribution in [0.4, 0.5) is 0 Å². The van der Waals surface area contributed by atoms with E-state index in [0.29, 0.717) is 0 Å². The van der Waals surface area contributed by atoms with Crippen LogP contribution in [0.2, 0.25) is 4.34 Å². The van der Waals surface area contributed by atoms with Gasteiger partial charge in [-0.25, -0.2) is 5.43 Å². The Morgan fingerprint density at radius 3 is 2.71 bits per heavy atom. The first-order valence-corrected chi connectivity index (χ1v) is 6.24. The van der Waals surface area contributed by atoms with E-state index in [1.54, 1.807) is 11.3 Å². The molecular weight excluding hydrogens is 236 g/mol. The Labute approximate surface area is 95.3 Å². The summed E-state index contributed by atoms with van der Waals surface area (Å²) in [6.45, 7) is 0. The lowest BCUT2D eigenvalue weighted by Crippen LogP contribution is -2.28. The van der Waals surface area contributed by atoms with Crippen molar-refractivity contribution < 1.29 is 0 Å². The molecule has 0 bridgehead atoms. The summed E-state index contributed by atoms with van der Waals surface area (Å²) in [4.78, 5) is 0. The van der Waals surface area contributed by atoms with Crippen LogP contribution in [0.25, 0.3) is 0 Å². The van der Waals surface area contributed by atoms with Gasteiger partial charge in [0.25, 0.3) is 0 Å². The van der Waals surface area contributed by atoms with Crippen molar-refractivity contribution in [2.45, 2.75) is 6.04 Å². The van der Waals surface area contributed by atoms with Gasteiger partial charge in [0.1, 0.15) is 0 Å². The van der Waals surface area contributed by atoms with Gasteiger partial charge in [-0.05, 0) is 33.8 Å². The molecule has 0 spiro atoms. The standard InChI is InChI=1S/C9H9ClN2S2/c10-9-7(2-4-14-9)8(12-11)6-1-3-13-5-6/h1-5,8,12H,11H2. The minimum absolute atomic E-state index is 0.000000000000000222. The van der Waals surface area contributed by atoms with Gasteiger partial charge in [0.15, 0.2) is 0 Å². The molecule has 0 radical (unpaired) electrons. The molecule has 5 heteroatoms. The molecule has 0 saturated carbocycles. The number of nitrogens with two attached hydrogens (primary N) is 1. The second-order valence-corrected chi connectivity index (χ2v) is 5.10. The third-order valence-corrected chi connectivity index (χ3v) is 3.90. The molecule has 0 aliphatic carbocycles. The van der Waals surface area contributed by atoms with E-state index in [-0.39, 0.29) is 6.04 Å². The van der Waals surface area contributed by atoms with E-state index in [1.165, 1.54) is 11.3 Å². The van der Waals surface area contributed by atoms with Crippen LogP contribution < -0.4 is 11.3 Å². The minimum Gasteiger partial charge on any atom is -0.271 e. The fourth-order valence-corrected chi connectivity index (χ4v) is 2.98. The quantitative estimate of drug-likeness (QED) is 0.644. The summed E-state index contributed by atoms with van der Waals surface area (Å²) < 4.78 is 0.791. The predicted octanol–water partition coefficient (Wildman–Crippen LogP) is 3.02. The van der Waals surface area contributed by atoms with Gasteiger partial charge in [0.05, 0.1) is 10.4 Å². The fraction of sp³-hybridized carbons (Fsp3) is 0.111. The summed E-state index contributed by atoms with van der Waals surface area (Å²) in [6, 6.07) is 4.04. The van der Waals surface area contributed by atoms with Gasteiger partial charge in [-0.2, -0.15) is 11.3 Å². The minimum atomic E-state index is -0.000000000000000222. The van der Waals surface area contributed by atoms with Gasteiger partial charge < -0.3 is 0 Å². The highest BCUT2D eigenvalue weighted by Crippen LogP contribution is 2.32. The zero-order valence-electron chi connectivity index (χ0n) is 7.24. The maximum atomic E-state index is 6.06. The van der Waals surface area contributed by atoms with Crippen molar-refractivity contribution in [3.8, 4) is 0 Å².